The van der Waals surface area contributed by atoms with Crippen molar-refractivity contribution in [2.75, 3.05) is 6.54 Å². The molecule has 0 aliphatic heterocycles. The monoisotopic (exact) mass is 469 g/mol. The molecular formula is C24H24ClN3O3S. The van der Waals surface area contributed by atoms with Crippen LogP contribution in [0.4, 0.5) is 0 Å². The van der Waals surface area contributed by atoms with Gasteiger partial charge in [0.1, 0.15) is 0 Å². The van der Waals surface area contributed by atoms with Gasteiger partial charge >= 0.3 is 0 Å². The molecule has 3 aromatic carbocycles. The Morgan fingerprint density at radius 3 is 2.34 bits per heavy atom. The minimum Gasteiger partial charge on any atom is -0.272 e. The summed E-state index contributed by atoms with van der Waals surface area (Å²) >= 11 is 5.90. The Balaban J connectivity index is 1.79. The maximum Gasteiger partial charge on any atom is 0.255 e. The van der Waals surface area contributed by atoms with Gasteiger partial charge in [0.15, 0.2) is 0 Å². The molecule has 0 bridgehead atoms. The lowest BCUT2D eigenvalue weighted by molar-refractivity contribution is -0.121. The molecule has 0 heterocycles. The first-order valence-electron chi connectivity index (χ1n) is 9.94. The topological polar surface area (TPSA) is 78.8 Å². The van der Waals surface area contributed by atoms with Crippen LogP contribution in [-0.2, 0) is 21.4 Å². The maximum atomic E-state index is 13.2. The highest BCUT2D eigenvalue weighted by Gasteiger charge is 2.27. The first-order valence-corrected chi connectivity index (χ1v) is 11.8. The van der Waals surface area contributed by atoms with Gasteiger partial charge in [0.25, 0.3) is 5.91 Å². The summed E-state index contributed by atoms with van der Waals surface area (Å²) in [6.07, 6.45) is 1.52. The van der Waals surface area contributed by atoms with Crippen molar-refractivity contribution < 1.29 is 13.2 Å². The first kappa shape index (κ1) is 23.7. The van der Waals surface area contributed by atoms with Crippen molar-refractivity contribution in [3.8, 4) is 0 Å². The predicted molar refractivity (Wildman–Crippen MR) is 127 cm³/mol. The van der Waals surface area contributed by atoms with Crippen LogP contribution in [0.5, 0.6) is 0 Å². The third-order valence-corrected chi connectivity index (χ3v) is 6.75. The molecule has 1 N–H and O–H groups in total. The molecule has 0 saturated heterocycles. The van der Waals surface area contributed by atoms with Crippen molar-refractivity contribution in [2.24, 2.45) is 5.10 Å². The van der Waals surface area contributed by atoms with Gasteiger partial charge in [-0.25, -0.2) is 13.8 Å². The molecule has 3 rings (SSSR count). The van der Waals surface area contributed by atoms with E-state index >= 15 is 0 Å². The Kier molecular flexibility index (Phi) is 7.80. The summed E-state index contributed by atoms with van der Waals surface area (Å²) in [5, 5.41) is 4.39. The Morgan fingerprint density at radius 2 is 1.69 bits per heavy atom. The van der Waals surface area contributed by atoms with Crippen molar-refractivity contribution in [3.05, 3.63) is 100 Å². The van der Waals surface area contributed by atoms with Crippen LogP contribution in [0.2, 0.25) is 5.02 Å². The van der Waals surface area contributed by atoms with E-state index in [1.54, 1.807) is 0 Å². The molecule has 0 aromatic heterocycles. The van der Waals surface area contributed by atoms with Crippen LogP contribution in [0.3, 0.4) is 0 Å². The van der Waals surface area contributed by atoms with Crippen molar-refractivity contribution in [1.82, 2.24) is 9.73 Å². The van der Waals surface area contributed by atoms with E-state index in [9.17, 15) is 13.2 Å². The molecule has 32 heavy (non-hydrogen) atoms. The molecule has 0 spiro atoms. The van der Waals surface area contributed by atoms with Gasteiger partial charge in [-0.3, -0.25) is 4.79 Å². The SMILES string of the molecule is Cc1ccc(CN(CC(=O)NN=Cc2cccc(C)c2)S(=O)(=O)c2ccc(Cl)cc2)cc1. The second-order valence-corrected chi connectivity index (χ2v) is 9.79. The number of hydrazone groups is 1. The number of halogens is 1. The van der Waals surface area contributed by atoms with Gasteiger partial charge in [0.05, 0.1) is 17.7 Å². The molecule has 3 aromatic rings. The third kappa shape index (κ3) is 6.50. The number of sulfonamides is 1. The zero-order valence-electron chi connectivity index (χ0n) is 17.8. The number of hydrogen-bond donors (Lipinski definition) is 1. The minimum atomic E-state index is -3.94. The van der Waals surface area contributed by atoms with Gasteiger partial charge in [-0.1, -0.05) is 71.3 Å². The molecule has 6 nitrogen and oxygen atoms in total. The summed E-state index contributed by atoms with van der Waals surface area (Å²) in [6.45, 7) is 3.57. The largest absolute Gasteiger partial charge is 0.272 e. The van der Waals surface area contributed by atoms with E-state index in [1.165, 1.54) is 30.5 Å². The normalized spacial score (nSPS) is 11.8. The standard InChI is InChI=1S/C24H24ClN3O3S/c1-18-6-8-20(9-7-18)16-28(32(30,31)23-12-10-22(25)11-13-23)17-24(29)27-26-15-21-5-3-4-19(2)14-21/h3-15H,16-17H2,1-2H3,(H,27,29). The zero-order chi connectivity index (χ0) is 23.1. The molecule has 0 aliphatic carbocycles. The number of carbonyl (C=O) groups is 1. The molecular weight excluding hydrogens is 446 g/mol. The molecule has 0 aliphatic rings. The van der Waals surface area contributed by atoms with E-state index in [0.29, 0.717) is 5.02 Å². The second-order valence-electron chi connectivity index (χ2n) is 7.42. The molecule has 0 saturated carbocycles. The summed E-state index contributed by atoms with van der Waals surface area (Å²) in [5.41, 5.74) is 6.14. The molecule has 0 radical (unpaired) electrons. The maximum absolute atomic E-state index is 13.2. The summed E-state index contributed by atoms with van der Waals surface area (Å²) in [5.74, 6) is -0.543. The summed E-state index contributed by atoms with van der Waals surface area (Å²) in [7, 11) is -3.94. The summed E-state index contributed by atoms with van der Waals surface area (Å²) in [6, 6.07) is 21.0. The van der Waals surface area contributed by atoms with Crippen molar-refractivity contribution >= 4 is 33.7 Å². The van der Waals surface area contributed by atoms with E-state index < -0.39 is 15.9 Å². The number of aryl methyl sites for hydroxylation is 2. The number of nitrogens with zero attached hydrogens (tertiary/aromatic N) is 2. The van der Waals surface area contributed by atoms with Gasteiger partial charge in [0, 0.05) is 11.6 Å². The average molecular weight is 470 g/mol. The Morgan fingerprint density at radius 1 is 1.00 bits per heavy atom. The molecule has 0 fully saturated rings. The molecule has 0 atom stereocenters. The number of hydrogen-bond acceptors (Lipinski definition) is 4. The Hall–Kier alpha value is -3.00. The minimum absolute atomic E-state index is 0.0419. The lowest BCUT2D eigenvalue weighted by Crippen LogP contribution is -2.39. The van der Waals surface area contributed by atoms with Gasteiger partial charge in [-0.2, -0.15) is 9.41 Å². The van der Waals surface area contributed by atoms with Crippen molar-refractivity contribution in [2.45, 2.75) is 25.3 Å². The number of nitrogens with one attached hydrogen (secondary N) is 1. The highest BCUT2D eigenvalue weighted by Crippen LogP contribution is 2.20. The van der Waals surface area contributed by atoms with E-state index in [0.717, 1.165) is 26.6 Å². The van der Waals surface area contributed by atoms with Crippen LogP contribution in [-0.4, -0.2) is 31.4 Å². The fourth-order valence-electron chi connectivity index (χ4n) is 3.00. The molecule has 166 valence electrons. The second kappa shape index (κ2) is 10.5. The molecule has 0 unspecified atom stereocenters. The van der Waals surface area contributed by atoms with Crippen molar-refractivity contribution in [3.63, 3.8) is 0 Å². The fourth-order valence-corrected chi connectivity index (χ4v) is 4.51. The highest BCUT2D eigenvalue weighted by atomic mass is 35.5. The van der Waals surface area contributed by atoms with Crippen LogP contribution in [0.15, 0.2) is 82.8 Å². The van der Waals surface area contributed by atoms with Crippen LogP contribution < -0.4 is 5.43 Å². The van der Waals surface area contributed by atoms with E-state index in [2.05, 4.69) is 10.5 Å². The lowest BCUT2D eigenvalue weighted by atomic mass is 10.1. The first-order chi connectivity index (χ1) is 15.2. The molecule has 1 amide bonds. The highest BCUT2D eigenvalue weighted by molar-refractivity contribution is 7.89. The quantitative estimate of drug-likeness (QED) is 0.394. The lowest BCUT2D eigenvalue weighted by Gasteiger charge is -2.21. The summed E-state index contributed by atoms with van der Waals surface area (Å²) < 4.78 is 27.6. The van der Waals surface area contributed by atoms with E-state index in [1.807, 2.05) is 62.4 Å². The van der Waals surface area contributed by atoms with Gasteiger partial charge in [0.2, 0.25) is 10.0 Å². The predicted octanol–water partition coefficient (Wildman–Crippen LogP) is 4.30. The van der Waals surface area contributed by atoms with Crippen LogP contribution in [0, 0.1) is 13.8 Å². The van der Waals surface area contributed by atoms with Gasteiger partial charge in [-0.05, 0) is 49.2 Å². The van der Waals surface area contributed by atoms with Crippen molar-refractivity contribution in [1.29, 1.82) is 0 Å². The number of benzene rings is 3. The number of rotatable bonds is 8. The molecule has 8 heteroatoms. The van der Waals surface area contributed by atoms with Crippen LogP contribution in [0.25, 0.3) is 0 Å². The van der Waals surface area contributed by atoms with Gasteiger partial charge in [-0.15, -0.1) is 0 Å². The number of carbonyl (C=O) groups excluding carboxylic acids is 1. The Labute approximate surface area is 193 Å². The smallest absolute Gasteiger partial charge is 0.255 e. The van der Waals surface area contributed by atoms with Gasteiger partial charge < -0.3 is 0 Å². The fraction of sp³-hybridized carbons (Fsp3) is 0.167. The van der Waals surface area contributed by atoms with E-state index in [-0.39, 0.29) is 18.0 Å². The van der Waals surface area contributed by atoms with Crippen LogP contribution >= 0.6 is 11.6 Å². The Bertz CT molecular complexity index is 1210. The summed E-state index contributed by atoms with van der Waals surface area (Å²) in [4.78, 5) is 12.6. The third-order valence-electron chi connectivity index (χ3n) is 4.70. The van der Waals surface area contributed by atoms with E-state index in [4.69, 9.17) is 11.6 Å². The van der Waals surface area contributed by atoms with Crippen LogP contribution in [0.1, 0.15) is 22.3 Å². The number of amides is 1. The zero-order valence-corrected chi connectivity index (χ0v) is 19.4. The average Bonchev–Trinajstić information content (AvgIpc) is 2.75.